The average Bonchev–Trinajstić information content (AvgIpc) is 3.13. The van der Waals surface area contributed by atoms with E-state index in [1.807, 2.05) is 0 Å². The number of aliphatic imine (C=N–C) groups is 1. The molecule has 0 aliphatic carbocycles. The van der Waals surface area contributed by atoms with Crippen LogP contribution < -0.4 is 20.3 Å². The lowest BCUT2D eigenvalue weighted by molar-refractivity contribution is -0.274. The summed E-state index contributed by atoms with van der Waals surface area (Å²) in [6.07, 6.45) is -2.19. The third-order valence-corrected chi connectivity index (χ3v) is 4.73. The van der Waals surface area contributed by atoms with Gasteiger partial charge in [-0.1, -0.05) is 29.8 Å². The first-order valence-corrected chi connectivity index (χ1v) is 9.40. The molecule has 1 atom stereocenters. The molecule has 1 aromatic carbocycles. The van der Waals surface area contributed by atoms with Gasteiger partial charge in [0.05, 0.1) is 5.02 Å². The standard InChI is InChI=1S/C19H21ClF3N5O/c1-24-18(26-11-13-5-2-3-7-16(13)29-19(21,22)23)27-14-8-10-28(12-14)17-15(20)6-4-9-25-17/h2-7,9,14H,8,10-12H2,1H3,(H2,24,26,27). The zero-order valence-corrected chi connectivity index (χ0v) is 16.5. The van der Waals surface area contributed by atoms with Gasteiger partial charge in [-0.3, -0.25) is 4.99 Å². The number of rotatable bonds is 5. The van der Waals surface area contributed by atoms with Gasteiger partial charge in [0.25, 0.3) is 0 Å². The van der Waals surface area contributed by atoms with E-state index >= 15 is 0 Å². The molecule has 0 saturated carbocycles. The fourth-order valence-electron chi connectivity index (χ4n) is 3.12. The van der Waals surface area contributed by atoms with Crippen LogP contribution in [0.3, 0.4) is 0 Å². The van der Waals surface area contributed by atoms with Crippen molar-refractivity contribution in [3.63, 3.8) is 0 Å². The van der Waals surface area contributed by atoms with Gasteiger partial charge in [-0.2, -0.15) is 0 Å². The number of nitrogens with one attached hydrogen (secondary N) is 2. The molecule has 1 aliphatic rings. The molecule has 1 aliphatic heterocycles. The van der Waals surface area contributed by atoms with Crippen LogP contribution in [0.5, 0.6) is 5.75 Å². The van der Waals surface area contributed by atoms with E-state index in [1.54, 1.807) is 37.5 Å². The topological polar surface area (TPSA) is 61.8 Å². The number of halogens is 4. The van der Waals surface area contributed by atoms with E-state index in [1.165, 1.54) is 12.1 Å². The highest BCUT2D eigenvalue weighted by Crippen LogP contribution is 2.27. The van der Waals surface area contributed by atoms with Crippen molar-refractivity contribution in [2.45, 2.75) is 25.4 Å². The first-order valence-electron chi connectivity index (χ1n) is 9.02. The number of guanidine groups is 1. The molecule has 0 amide bonds. The first-order chi connectivity index (χ1) is 13.9. The van der Waals surface area contributed by atoms with Gasteiger partial charge < -0.3 is 20.3 Å². The number of anilines is 1. The lowest BCUT2D eigenvalue weighted by Crippen LogP contribution is -2.44. The van der Waals surface area contributed by atoms with E-state index in [0.29, 0.717) is 23.1 Å². The monoisotopic (exact) mass is 427 g/mol. The highest BCUT2D eigenvalue weighted by Gasteiger charge is 2.32. The molecule has 10 heteroatoms. The van der Waals surface area contributed by atoms with E-state index in [2.05, 4.69) is 30.2 Å². The number of alkyl halides is 3. The maximum Gasteiger partial charge on any atom is 0.573 e. The second-order valence-corrected chi connectivity index (χ2v) is 6.87. The van der Waals surface area contributed by atoms with Gasteiger partial charge in [-0.15, -0.1) is 13.2 Å². The normalized spacial score (nSPS) is 17.3. The lowest BCUT2D eigenvalue weighted by Gasteiger charge is -2.20. The fourth-order valence-corrected chi connectivity index (χ4v) is 3.36. The van der Waals surface area contributed by atoms with Gasteiger partial charge in [0.1, 0.15) is 11.6 Å². The number of nitrogens with zero attached hydrogens (tertiary/aromatic N) is 3. The van der Waals surface area contributed by atoms with Crippen LogP contribution in [0.25, 0.3) is 0 Å². The first kappa shape index (κ1) is 21.0. The van der Waals surface area contributed by atoms with Gasteiger partial charge in [0.15, 0.2) is 5.96 Å². The Labute approximate surface area is 171 Å². The van der Waals surface area contributed by atoms with Crippen LogP contribution >= 0.6 is 11.6 Å². The predicted molar refractivity (Wildman–Crippen MR) is 106 cm³/mol. The number of ether oxygens (including phenoxy) is 1. The van der Waals surface area contributed by atoms with Gasteiger partial charge >= 0.3 is 6.36 Å². The quantitative estimate of drug-likeness (QED) is 0.564. The number of hydrogen-bond donors (Lipinski definition) is 2. The molecule has 29 heavy (non-hydrogen) atoms. The van der Waals surface area contributed by atoms with Crippen molar-refractivity contribution < 1.29 is 17.9 Å². The van der Waals surface area contributed by atoms with Crippen LogP contribution in [0.2, 0.25) is 5.02 Å². The molecule has 6 nitrogen and oxygen atoms in total. The van der Waals surface area contributed by atoms with Gasteiger partial charge in [0, 0.05) is 44.5 Å². The Bertz CT molecular complexity index is 862. The van der Waals surface area contributed by atoms with Gasteiger partial charge in [0.2, 0.25) is 0 Å². The van der Waals surface area contributed by atoms with Crippen LogP contribution in [0.15, 0.2) is 47.6 Å². The van der Waals surface area contributed by atoms with Crippen LogP contribution in [0.1, 0.15) is 12.0 Å². The van der Waals surface area contributed by atoms with Crippen molar-refractivity contribution in [3.8, 4) is 5.75 Å². The van der Waals surface area contributed by atoms with E-state index < -0.39 is 6.36 Å². The molecule has 0 radical (unpaired) electrons. The molecule has 0 spiro atoms. The van der Waals surface area contributed by atoms with E-state index in [4.69, 9.17) is 11.6 Å². The highest BCUT2D eigenvalue weighted by atomic mass is 35.5. The summed E-state index contributed by atoms with van der Waals surface area (Å²) in [5, 5.41) is 6.92. The largest absolute Gasteiger partial charge is 0.573 e. The number of pyridine rings is 1. The van der Waals surface area contributed by atoms with Crippen LogP contribution in [0, 0.1) is 0 Å². The third-order valence-electron chi connectivity index (χ3n) is 4.44. The minimum Gasteiger partial charge on any atom is -0.405 e. The molecule has 1 unspecified atom stereocenters. The zero-order chi connectivity index (χ0) is 20.9. The van der Waals surface area contributed by atoms with Crippen molar-refractivity contribution in [2.75, 3.05) is 25.0 Å². The van der Waals surface area contributed by atoms with Crippen molar-refractivity contribution in [1.29, 1.82) is 0 Å². The molecule has 1 saturated heterocycles. The molecule has 2 heterocycles. The summed E-state index contributed by atoms with van der Waals surface area (Å²) < 4.78 is 41.8. The molecule has 1 fully saturated rings. The van der Waals surface area contributed by atoms with Crippen LogP contribution in [-0.2, 0) is 6.54 Å². The van der Waals surface area contributed by atoms with Crippen LogP contribution in [0.4, 0.5) is 19.0 Å². The van der Waals surface area contributed by atoms with E-state index in [9.17, 15) is 13.2 Å². The van der Waals surface area contributed by atoms with E-state index in [0.717, 1.165) is 18.8 Å². The molecule has 3 rings (SSSR count). The minimum absolute atomic E-state index is 0.0981. The fraction of sp³-hybridized carbons (Fsp3) is 0.368. The van der Waals surface area contributed by atoms with Gasteiger partial charge in [-0.05, 0) is 24.6 Å². The number of aromatic nitrogens is 1. The Balaban J connectivity index is 1.57. The molecule has 0 bridgehead atoms. The Morgan fingerprint density at radius 1 is 1.31 bits per heavy atom. The second-order valence-electron chi connectivity index (χ2n) is 6.47. The summed E-state index contributed by atoms with van der Waals surface area (Å²) >= 11 is 6.21. The SMILES string of the molecule is CN=C(NCc1ccccc1OC(F)(F)F)NC1CCN(c2ncccc2Cl)C1. The molecule has 156 valence electrons. The van der Waals surface area contributed by atoms with Crippen molar-refractivity contribution in [2.24, 2.45) is 4.99 Å². The number of para-hydroxylation sites is 1. The summed E-state index contributed by atoms with van der Waals surface area (Å²) in [4.78, 5) is 10.6. The summed E-state index contributed by atoms with van der Waals surface area (Å²) in [5.41, 5.74) is 0.376. The zero-order valence-electron chi connectivity index (χ0n) is 15.7. The average molecular weight is 428 g/mol. The molecule has 1 aromatic heterocycles. The second kappa shape index (κ2) is 9.21. The lowest BCUT2D eigenvalue weighted by atomic mass is 10.2. The Morgan fingerprint density at radius 2 is 2.10 bits per heavy atom. The third kappa shape index (κ3) is 5.90. The smallest absolute Gasteiger partial charge is 0.405 e. The predicted octanol–water partition coefficient (Wildman–Crippen LogP) is 3.58. The van der Waals surface area contributed by atoms with Crippen molar-refractivity contribution in [1.82, 2.24) is 15.6 Å². The Kier molecular flexibility index (Phi) is 6.68. The maximum absolute atomic E-state index is 12.6. The molecular formula is C19H21ClF3N5O. The molecule has 2 N–H and O–H groups in total. The van der Waals surface area contributed by atoms with Crippen molar-refractivity contribution in [3.05, 3.63) is 53.2 Å². The summed E-state index contributed by atoms with van der Waals surface area (Å²) in [6, 6.07) is 9.68. The van der Waals surface area contributed by atoms with Gasteiger partial charge in [-0.25, -0.2) is 4.98 Å². The summed E-state index contributed by atoms with van der Waals surface area (Å²) in [7, 11) is 1.61. The minimum atomic E-state index is -4.74. The van der Waals surface area contributed by atoms with E-state index in [-0.39, 0.29) is 18.3 Å². The molecular weight excluding hydrogens is 407 g/mol. The molecule has 2 aromatic rings. The van der Waals surface area contributed by atoms with Crippen molar-refractivity contribution >= 4 is 23.4 Å². The number of benzene rings is 1. The maximum atomic E-state index is 12.6. The van der Waals surface area contributed by atoms with Crippen LogP contribution in [-0.4, -0.2) is 43.5 Å². The highest BCUT2D eigenvalue weighted by molar-refractivity contribution is 6.32. The Morgan fingerprint density at radius 3 is 2.83 bits per heavy atom. The Hall–Kier alpha value is -2.68. The summed E-state index contributed by atoms with van der Waals surface area (Å²) in [6.45, 7) is 1.60. The summed E-state index contributed by atoms with van der Waals surface area (Å²) in [5.74, 6) is 0.991. The number of hydrogen-bond acceptors (Lipinski definition) is 4.